The number of ether oxygens (including phenoxy) is 1. The first-order valence-corrected chi connectivity index (χ1v) is 6.96. The highest BCUT2D eigenvalue weighted by Crippen LogP contribution is 2.22. The summed E-state index contributed by atoms with van der Waals surface area (Å²) in [4.78, 5) is 0. The minimum absolute atomic E-state index is 0.648. The van der Waals surface area contributed by atoms with Crippen molar-refractivity contribution in [1.29, 1.82) is 0 Å². The van der Waals surface area contributed by atoms with Gasteiger partial charge in [0.05, 0.1) is 25.5 Å². The van der Waals surface area contributed by atoms with Crippen molar-refractivity contribution in [2.24, 2.45) is 0 Å². The molecule has 0 aliphatic rings. The first-order valence-electron chi connectivity index (χ1n) is 6.96. The Bertz CT molecular complexity index is 690. The van der Waals surface area contributed by atoms with Crippen LogP contribution in [0.15, 0.2) is 42.9 Å². The molecule has 1 N–H and O–H groups in total. The average molecular weight is 283 g/mol. The highest BCUT2D eigenvalue weighted by molar-refractivity contribution is 5.59. The SMILES string of the molecule is CCCOc1cccc(-c2cn(Cc3cn[nH]c3)nn2)c1. The zero-order valence-electron chi connectivity index (χ0n) is 11.9. The Morgan fingerprint density at radius 2 is 2.29 bits per heavy atom. The minimum atomic E-state index is 0.648. The molecule has 0 aliphatic heterocycles. The van der Waals surface area contributed by atoms with Crippen molar-refractivity contribution in [3.8, 4) is 17.0 Å². The van der Waals surface area contributed by atoms with E-state index in [1.807, 2.05) is 36.7 Å². The summed E-state index contributed by atoms with van der Waals surface area (Å²) < 4.78 is 7.43. The number of nitrogens with one attached hydrogen (secondary N) is 1. The number of rotatable bonds is 6. The van der Waals surface area contributed by atoms with Gasteiger partial charge in [-0.3, -0.25) is 5.10 Å². The van der Waals surface area contributed by atoms with Gasteiger partial charge in [-0.25, -0.2) is 4.68 Å². The van der Waals surface area contributed by atoms with Gasteiger partial charge in [-0.15, -0.1) is 5.10 Å². The number of nitrogens with zero attached hydrogens (tertiary/aromatic N) is 4. The molecule has 0 aliphatic carbocycles. The van der Waals surface area contributed by atoms with Gasteiger partial charge in [0.2, 0.25) is 0 Å². The molecular weight excluding hydrogens is 266 g/mol. The Balaban J connectivity index is 1.76. The summed E-state index contributed by atoms with van der Waals surface area (Å²) in [6, 6.07) is 7.91. The lowest BCUT2D eigenvalue weighted by atomic mass is 10.1. The lowest BCUT2D eigenvalue weighted by Crippen LogP contribution is -1.98. The van der Waals surface area contributed by atoms with Crippen LogP contribution in [-0.2, 0) is 6.54 Å². The van der Waals surface area contributed by atoms with Crippen molar-refractivity contribution in [2.75, 3.05) is 6.61 Å². The fourth-order valence-electron chi connectivity index (χ4n) is 2.02. The molecular formula is C15H17N5O. The molecule has 2 aromatic heterocycles. The van der Waals surface area contributed by atoms with E-state index in [9.17, 15) is 0 Å². The third-order valence-electron chi connectivity index (χ3n) is 3.04. The Hall–Kier alpha value is -2.63. The molecule has 3 rings (SSSR count). The molecule has 0 radical (unpaired) electrons. The fraction of sp³-hybridized carbons (Fsp3) is 0.267. The van der Waals surface area contributed by atoms with Gasteiger partial charge in [0.25, 0.3) is 0 Å². The van der Waals surface area contributed by atoms with Crippen LogP contribution < -0.4 is 4.74 Å². The normalized spacial score (nSPS) is 10.7. The number of H-pyrrole nitrogens is 1. The molecule has 2 heterocycles. The van der Waals surface area contributed by atoms with Crippen molar-refractivity contribution in [2.45, 2.75) is 19.9 Å². The molecule has 0 atom stereocenters. The topological polar surface area (TPSA) is 68.6 Å². The van der Waals surface area contributed by atoms with Gasteiger partial charge >= 0.3 is 0 Å². The van der Waals surface area contributed by atoms with Crippen LogP contribution in [0.3, 0.4) is 0 Å². The standard InChI is InChI=1S/C15H17N5O/c1-2-6-21-14-5-3-4-13(7-14)15-11-20(19-18-15)10-12-8-16-17-9-12/h3-5,7-9,11H,2,6,10H2,1H3,(H,16,17). The lowest BCUT2D eigenvalue weighted by molar-refractivity contribution is 0.317. The summed E-state index contributed by atoms with van der Waals surface area (Å²) in [6.07, 6.45) is 6.54. The molecule has 0 amide bonds. The molecule has 3 aromatic rings. The third-order valence-corrected chi connectivity index (χ3v) is 3.04. The molecule has 6 heteroatoms. The van der Waals surface area contributed by atoms with Crippen molar-refractivity contribution < 1.29 is 4.74 Å². The second kappa shape index (κ2) is 6.21. The van der Waals surface area contributed by atoms with E-state index in [4.69, 9.17) is 4.74 Å². The second-order valence-corrected chi connectivity index (χ2v) is 4.78. The van der Waals surface area contributed by atoms with E-state index in [1.165, 1.54) is 0 Å². The summed E-state index contributed by atoms with van der Waals surface area (Å²) in [7, 11) is 0. The summed E-state index contributed by atoms with van der Waals surface area (Å²) in [5.41, 5.74) is 2.90. The molecule has 0 bridgehead atoms. The monoisotopic (exact) mass is 283 g/mol. The Morgan fingerprint density at radius 3 is 3.10 bits per heavy atom. The Labute approximate surface area is 122 Å². The zero-order valence-corrected chi connectivity index (χ0v) is 11.9. The van der Waals surface area contributed by atoms with Gasteiger partial charge in [-0.05, 0) is 18.6 Å². The predicted octanol–water partition coefficient (Wildman–Crippen LogP) is 2.51. The van der Waals surface area contributed by atoms with Crippen LogP contribution in [0, 0.1) is 0 Å². The minimum Gasteiger partial charge on any atom is -0.494 e. The summed E-state index contributed by atoms with van der Waals surface area (Å²) in [6.45, 7) is 3.46. The van der Waals surface area contributed by atoms with Gasteiger partial charge in [0.15, 0.2) is 0 Å². The van der Waals surface area contributed by atoms with E-state index in [-0.39, 0.29) is 0 Å². The van der Waals surface area contributed by atoms with Gasteiger partial charge in [-0.2, -0.15) is 5.10 Å². The smallest absolute Gasteiger partial charge is 0.119 e. The van der Waals surface area contributed by atoms with Crippen LogP contribution in [0.25, 0.3) is 11.3 Å². The van der Waals surface area contributed by atoms with Crippen LogP contribution in [0.5, 0.6) is 5.75 Å². The molecule has 0 unspecified atom stereocenters. The number of hydrogen-bond donors (Lipinski definition) is 1. The molecule has 21 heavy (non-hydrogen) atoms. The van der Waals surface area contributed by atoms with E-state index in [0.717, 1.165) is 35.6 Å². The van der Waals surface area contributed by atoms with Crippen molar-refractivity contribution in [3.05, 3.63) is 48.4 Å². The van der Waals surface area contributed by atoms with Gasteiger partial charge in [-0.1, -0.05) is 24.3 Å². The van der Waals surface area contributed by atoms with Crippen LogP contribution in [0.4, 0.5) is 0 Å². The lowest BCUT2D eigenvalue weighted by Gasteiger charge is -2.05. The molecule has 0 saturated heterocycles. The van der Waals surface area contributed by atoms with Crippen LogP contribution in [0.2, 0.25) is 0 Å². The quantitative estimate of drug-likeness (QED) is 0.754. The third kappa shape index (κ3) is 3.28. The predicted molar refractivity (Wildman–Crippen MR) is 78.9 cm³/mol. The van der Waals surface area contributed by atoms with Crippen LogP contribution in [-0.4, -0.2) is 31.8 Å². The molecule has 1 aromatic carbocycles. The van der Waals surface area contributed by atoms with Crippen LogP contribution >= 0.6 is 0 Å². The maximum absolute atomic E-state index is 5.64. The summed E-state index contributed by atoms with van der Waals surface area (Å²) in [5, 5.41) is 15.1. The fourth-order valence-corrected chi connectivity index (χ4v) is 2.02. The van der Waals surface area contributed by atoms with E-state index < -0.39 is 0 Å². The molecule has 108 valence electrons. The number of aromatic nitrogens is 5. The average Bonchev–Trinajstić information content (AvgIpc) is 3.18. The Morgan fingerprint density at radius 1 is 1.33 bits per heavy atom. The molecule has 0 fully saturated rings. The van der Waals surface area contributed by atoms with E-state index in [0.29, 0.717) is 6.54 Å². The number of hydrogen-bond acceptors (Lipinski definition) is 4. The molecule has 0 spiro atoms. The van der Waals surface area contributed by atoms with Crippen molar-refractivity contribution in [1.82, 2.24) is 25.2 Å². The van der Waals surface area contributed by atoms with Gasteiger partial charge in [0, 0.05) is 17.3 Å². The molecule has 6 nitrogen and oxygen atoms in total. The summed E-state index contributed by atoms with van der Waals surface area (Å²) in [5.74, 6) is 0.860. The number of aromatic amines is 1. The van der Waals surface area contributed by atoms with Crippen molar-refractivity contribution >= 4 is 0 Å². The maximum atomic E-state index is 5.64. The zero-order chi connectivity index (χ0) is 14.5. The Kier molecular flexibility index (Phi) is 3.95. The first-order chi connectivity index (χ1) is 10.3. The maximum Gasteiger partial charge on any atom is 0.119 e. The largest absolute Gasteiger partial charge is 0.494 e. The highest BCUT2D eigenvalue weighted by atomic mass is 16.5. The second-order valence-electron chi connectivity index (χ2n) is 4.78. The van der Waals surface area contributed by atoms with Crippen LogP contribution in [0.1, 0.15) is 18.9 Å². The van der Waals surface area contributed by atoms with Gasteiger partial charge < -0.3 is 4.74 Å². The number of benzene rings is 1. The van der Waals surface area contributed by atoms with E-state index in [2.05, 4.69) is 27.4 Å². The molecule has 0 saturated carbocycles. The van der Waals surface area contributed by atoms with Gasteiger partial charge in [0.1, 0.15) is 11.4 Å². The summed E-state index contributed by atoms with van der Waals surface area (Å²) >= 11 is 0. The highest BCUT2D eigenvalue weighted by Gasteiger charge is 2.06. The van der Waals surface area contributed by atoms with E-state index >= 15 is 0 Å². The van der Waals surface area contributed by atoms with Crippen molar-refractivity contribution in [3.63, 3.8) is 0 Å². The van der Waals surface area contributed by atoms with E-state index in [1.54, 1.807) is 10.9 Å². The first kappa shape index (κ1) is 13.4.